The molecule has 1 fully saturated rings. The Morgan fingerprint density at radius 3 is 2.48 bits per heavy atom. The Morgan fingerprint density at radius 2 is 1.82 bits per heavy atom. The first-order valence-corrected chi connectivity index (χ1v) is 11.7. The standard InChI is InChI=1S/C25H23Cl2N3O2S/c1-5-29-21-9-6-15(10-17(21)14(2)13-25(29,3)4)11-18-22(31)28-24(33)30(23(18)32)16-7-8-19(26)20(27)12-16/h6-13H,5H2,1-4H3,(H,28,31,33)/b18-11-. The van der Waals surface area contributed by atoms with E-state index in [1.807, 2.05) is 18.2 Å². The quantitative estimate of drug-likeness (QED) is 0.327. The van der Waals surface area contributed by atoms with Gasteiger partial charge >= 0.3 is 0 Å². The zero-order chi connectivity index (χ0) is 24.1. The highest BCUT2D eigenvalue weighted by atomic mass is 35.5. The molecule has 0 radical (unpaired) electrons. The van der Waals surface area contributed by atoms with Crippen molar-refractivity contribution in [3.63, 3.8) is 0 Å². The van der Waals surface area contributed by atoms with Crippen molar-refractivity contribution in [3.05, 3.63) is 69.2 Å². The molecule has 1 saturated heterocycles. The topological polar surface area (TPSA) is 52.7 Å². The van der Waals surface area contributed by atoms with Crippen LogP contribution in [0.15, 0.2) is 48.0 Å². The largest absolute Gasteiger partial charge is 0.363 e. The van der Waals surface area contributed by atoms with Crippen LogP contribution in [0.5, 0.6) is 0 Å². The second-order valence-electron chi connectivity index (χ2n) is 8.56. The summed E-state index contributed by atoms with van der Waals surface area (Å²) in [5.41, 5.74) is 4.42. The van der Waals surface area contributed by atoms with E-state index in [-0.39, 0.29) is 21.2 Å². The molecule has 1 N–H and O–H groups in total. The fourth-order valence-electron chi connectivity index (χ4n) is 4.45. The maximum absolute atomic E-state index is 13.3. The van der Waals surface area contributed by atoms with Crippen LogP contribution in [0.3, 0.4) is 0 Å². The minimum atomic E-state index is -0.539. The number of nitrogens with one attached hydrogen (secondary N) is 1. The van der Waals surface area contributed by atoms with Crippen LogP contribution in [0.25, 0.3) is 11.6 Å². The average Bonchev–Trinajstić information content (AvgIpc) is 2.73. The van der Waals surface area contributed by atoms with Crippen LogP contribution in [-0.4, -0.2) is 29.0 Å². The number of anilines is 2. The Hall–Kier alpha value is -2.67. The third-order valence-electron chi connectivity index (χ3n) is 5.89. The number of allylic oxidation sites excluding steroid dienone is 1. The fraction of sp³-hybridized carbons (Fsp3) is 0.240. The molecule has 33 heavy (non-hydrogen) atoms. The summed E-state index contributed by atoms with van der Waals surface area (Å²) in [5, 5.41) is 3.23. The van der Waals surface area contributed by atoms with Gasteiger partial charge in [-0.25, -0.2) is 0 Å². The molecular weight excluding hydrogens is 477 g/mol. The first kappa shape index (κ1) is 23.5. The van der Waals surface area contributed by atoms with E-state index in [1.165, 1.54) is 11.0 Å². The van der Waals surface area contributed by atoms with Crippen LogP contribution in [0, 0.1) is 0 Å². The van der Waals surface area contributed by atoms with Gasteiger partial charge in [0.25, 0.3) is 11.8 Å². The second kappa shape index (κ2) is 8.60. The Labute approximate surface area is 208 Å². The number of benzene rings is 2. The lowest BCUT2D eigenvalue weighted by molar-refractivity contribution is -0.122. The van der Waals surface area contributed by atoms with Crippen LogP contribution in [-0.2, 0) is 9.59 Å². The molecule has 0 bridgehead atoms. The number of thiocarbonyl (C=S) groups is 1. The number of amides is 2. The summed E-state index contributed by atoms with van der Waals surface area (Å²) in [6.45, 7) is 9.44. The molecule has 2 aromatic rings. The first-order chi connectivity index (χ1) is 15.5. The highest BCUT2D eigenvalue weighted by molar-refractivity contribution is 7.80. The van der Waals surface area contributed by atoms with E-state index in [9.17, 15) is 9.59 Å². The molecule has 4 rings (SSSR count). The number of carbonyl (C=O) groups excluding carboxylic acids is 2. The summed E-state index contributed by atoms with van der Waals surface area (Å²) in [6.07, 6.45) is 3.83. The van der Waals surface area contributed by atoms with Gasteiger partial charge in [0.2, 0.25) is 0 Å². The molecule has 0 spiro atoms. The Kier molecular flexibility index (Phi) is 6.12. The summed E-state index contributed by atoms with van der Waals surface area (Å²) in [6, 6.07) is 10.7. The highest BCUT2D eigenvalue weighted by Gasteiger charge is 2.35. The van der Waals surface area contributed by atoms with E-state index in [2.05, 4.69) is 44.0 Å². The van der Waals surface area contributed by atoms with Gasteiger partial charge in [-0.2, -0.15) is 0 Å². The molecular formula is C25H23Cl2N3O2S. The molecule has 2 heterocycles. The number of rotatable bonds is 3. The molecule has 0 saturated carbocycles. The summed E-state index contributed by atoms with van der Waals surface area (Å²) in [5.74, 6) is -1.06. The van der Waals surface area contributed by atoms with Crippen molar-refractivity contribution in [2.24, 2.45) is 0 Å². The average molecular weight is 500 g/mol. The predicted octanol–water partition coefficient (Wildman–Crippen LogP) is 5.85. The van der Waals surface area contributed by atoms with Crippen molar-refractivity contribution >= 4 is 75.4 Å². The van der Waals surface area contributed by atoms with Gasteiger partial charge < -0.3 is 4.90 Å². The van der Waals surface area contributed by atoms with Gasteiger partial charge in [0.15, 0.2) is 5.11 Å². The minimum Gasteiger partial charge on any atom is -0.363 e. The first-order valence-electron chi connectivity index (χ1n) is 10.5. The zero-order valence-electron chi connectivity index (χ0n) is 18.7. The number of halogens is 2. The fourth-order valence-corrected chi connectivity index (χ4v) is 5.02. The number of fused-ring (bicyclic) bond motifs is 1. The van der Waals surface area contributed by atoms with Crippen molar-refractivity contribution in [2.45, 2.75) is 33.2 Å². The van der Waals surface area contributed by atoms with Crippen LogP contribution in [0.4, 0.5) is 11.4 Å². The SMILES string of the molecule is CCN1c2ccc(/C=C3/C(=O)NC(=S)N(c4ccc(Cl)c(Cl)c4)C3=O)cc2C(C)=CC1(C)C. The maximum Gasteiger partial charge on any atom is 0.270 e. The summed E-state index contributed by atoms with van der Waals surface area (Å²) >= 11 is 17.4. The van der Waals surface area contributed by atoms with Crippen molar-refractivity contribution in [1.29, 1.82) is 0 Å². The Bertz CT molecular complexity index is 1270. The number of nitrogens with zero attached hydrogens (tertiary/aromatic N) is 2. The molecule has 2 aromatic carbocycles. The van der Waals surface area contributed by atoms with Gasteiger partial charge in [0.05, 0.1) is 21.3 Å². The van der Waals surface area contributed by atoms with E-state index in [1.54, 1.807) is 18.2 Å². The van der Waals surface area contributed by atoms with Gasteiger partial charge in [-0.05, 0) is 87.5 Å². The van der Waals surface area contributed by atoms with Crippen LogP contribution < -0.4 is 15.1 Å². The number of likely N-dealkylation sites (N-methyl/N-ethyl adjacent to an activating group) is 1. The van der Waals surface area contributed by atoms with E-state index in [4.69, 9.17) is 35.4 Å². The van der Waals surface area contributed by atoms with Gasteiger partial charge in [0.1, 0.15) is 5.57 Å². The molecule has 2 amide bonds. The lowest BCUT2D eigenvalue weighted by Gasteiger charge is -2.42. The Morgan fingerprint density at radius 1 is 1.09 bits per heavy atom. The molecule has 0 unspecified atom stereocenters. The van der Waals surface area contributed by atoms with Crippen LogP contribution in [0.2, 0.25) is 10.0 Å². The minimum absolute atomic E-state index is 0.00873. The molecule has 2 aliphatic heterocycles. The van der Waals surface area contributed by atoms with E-state index in [0.29, 0.717) is 10.7 Å². The smallest absolute Gasteiger partial charge is 0.270 e. The van der Waals surface area contributed by atoms with Crippen molar-refractivity contribution < 1.29 is 9.59 Å². The third kappa shape index (κ3) is 4.19. The molecule has 2 aliphatic rings. The Balaban J connectivity index is 1.75. The van der Waals surface area contributed by atoms with E-state index in [0.717, 1.165) is 28.9 Å². The number of hydrogen-bond acceptors (Lipinski definition) is 4. The van der Waals surface area contributed by atoms with Crippen molar-refractivity contribution in [2.75, 3.05) is 16.3 Å². The second-order valence-corrected chi connectivity index (χ2v) is 9.76. The molecule has 0 atom stereocenters. The van der Waals surface area contributed by atoms with Crippen LogP contribution >= 0.6 is 35.4 Å². The van der Waals surface area contributed by atoms with Crippen molar-refractivity contribution in [3.8, 4) is 0 Å². The number of hydrogen-bond donors (Lipinski definition) is 1. The van der Waals surface area contributed by atoms with Gasteiger partial charge in [-0.3, -0.25) is 19.8 Å². The third-order valence-corrected chi connectivity index (χ3v) is 6.92. The molecule has 0 aromatic heterocycles. The van der Waals surface area contributed by atoms with Gasteiger partial charge in [-0.15, -0.1) is 0 Å². The lowest BCUT2D eigenvalue weighted by atomic mass is 9.88. The summed E-state index contributed by atoms with van der Waals surface area (Å²) in [4.78, 5) is 29.5. The van der Waals surface area contributed by atoms with Crippen molar-refractivity contribution in [1.82, 2.24) is 5.32 Å². The van der Waals surface area contributed by atoms with Gasteiger partial charge in [-0.1, -0.05) is 35.3 Å². The summed E-state index contributed by atoms with van der Waals surface area (Å²) < 4.78 is 0. The lowest BCUT2D eigenvalue weighted by Crippen LogP contribution is -2.54. The van der Waals surface area contributed by atoms with E-state index >= 15 is 0 Å². The maximum atomic E-state index is 13.3. The highest BCUT2D eigenvalue weighted by Crippen LogP contribution is 2.39. The zero-order valence-corrected chi connectivity index (χ0v) is 21.0. The summed E-state index contributed by atoms with van der Waals surface area (Å²) in [7, 11) is 0. The monoisotopic (exact) mass is 499 g/mol. The normalized spacial score (nSPS) is 18.9. The van der Waals surface area contributed by atoms with Gasteiger partial charge in [0, 0.05) is 17.8 Å². The van der Waals surface area contributed by atoms with Crippen LogP contribution in [0.1, 0.15) is 38.8 Å². The number of carbonyl (C=O) groups is 2. The molecule has 0 aliphatic carbocycles. The molecule has 5 nitrogen and oxygen atoms in total. The predicted molar refractivity (Wildman–Crippen MR) is 140 cm³/mol. The molecule has 8 heteroatoms. The molecule has 170 valence electrons. The van der Waals surface area contributed by atoms with E-state index < -0.39 is 11.8 Å².